The van der Waals surface area contributed by atoms with E-state index in [1.54, 1.807) is 57.0 Å². The van der Waals surface area contributed by atoms with Crippen LogP contribution in [0.3, 0.4) is 0 Å². The van der Waals surface area contributed by atoms with E-state index in [0.29, 0.717) is 71.3 Å². The van der Waals surface area contributed by atoms with Gasteiger partial charge in [0.2, 0.25) is 23.0 Å². The molecule has 266 valence electrons. The van der Waals surface area contributed by atoms with Crippen molar-refractivity contribution in [2.45, 2.75) is 50.7 Å². The van der Waals surface area contributed by atoms with E-state index in [2.05, 4.69) is 26.1 Å². The number of hydrogen-bond acceptors (Lipinski definition) is 11. The van der Waals surface area contributed by atoms with Crippen molar-refractivity contribution in [3.63, 3.8) is 0 Å². The van der Waals surface area contributed by atoms with E-state index in [-0.39, 0.29) is 22.9 Å². The Hall–Kier alpha value is -4.43. The number of aryl methyl sites for hydroxylation is 1. The second-order valence-electron chi connectivity index (χ2n) is 11.9. The highest BCUT2D eigenvalue weighted by molar-refractivity contribution is 7.98. The Morgan fingerprint density at radius 2 is 1.74 bits per heavy atom. The molecule has 2 heterocycles. The molecule has 0 fully saturated rings. The van der Waals surface area contributed by atoms with Gasteiger partial charge in [-0.1, -0.05) is 12.1 Å². The number of amides is 2. The number of anilines is 1. The van der Waals surface area contributed by atoms with E-state index in [1.165, 1.54) is 6.92 Å². The summed E-state index contributed by atoms with van der Waals surface area (Å²) in [5.41, 5.74) is 3.68. The van der Waals surface area contributed by atoms with Crippen LogP contribution in [0.2, 0.25) is 0 Å². The van der Waals surface area contributed by atoms with Crippen molar-refractivity contribution in [3.05, 3.63) is 75.8 Å². The average molecular weight is 721 g/mol. The fourth-order valence-corrected chi connectivity index (χ4v) is 7.33. The van der Waals surface area contributed by atoms with E-state index in [4.69, 9.17) is 14.2 Å². The van der Waals surface area contributed by atoms with Gasteiger partial charge < -0.3 is 30.2 Å². The van der Waals surface area contributed by atoms with Crippen molar-refractivity contribution in [2.24, 2.45) is 0 Å². The average Bonchev–Trinajstić information content (AvgIpc) is 3.41. The molecule has 0 bridgehead atoms. The van der Waals surface area contributed by atoms with Crippen molar-refractivity contribution < 1.29 is 23.8 Å². The number of benzene rings is 1. The van der Waals surface area contributed by atoms with Crippen molar-refractivity contribution in [1.82, 2.24) is 25.2 Å². The predicted octanol–water partition coefficient (Wildman–Crippen LogP) is 5.05. The molecule has 12 nitrogen and oxygen atoms in total. The number of nitrogens with zero attached hydrogens (tertiary/aromatic N) is 3. The molecule has 0 saturated carbocycles. The highest BCUT2D eigenvalue weighted by Gasteiger charge is 2.30. The lowest BCUT2D eigenvalue weighted by atomic mass is 9.95. The van der Waals surface area contributed by atoms with Gasteiger partial charge in [-0.15, -0.1) is 10.2 Å². The molecular weight excluding hydrogens is 677 g/mol. The van der Waals surface area contributed by atoms with Gasteiger partial charge in [-0.05, 0) is 96.7 Å². The molecule has 0 spiro atoms. The monoisotopic (exact) mass is 720 g/mol. The molecule has 0 saturated heterocycles. The third-order valence-electron chi connectivity index (χ3n) is 8.75. The van der Waals surface area contributed by atoms with Crippen molar-refractivity contribution >= 4 is 46.7 Å². The zero-order valence-corrected chi connectivity index (χ0v) is 30.8. The van der Waals surface area contributed by atoms with Gasteiger partial charge in [-0.25, -0.2) is 0 Å². The molecule has 4 aromatic rings. The second kappa shape index (κ2) is 17.0. The van der Waals surface area contributed by atoms with E-state index >= 15 is 0 Å². The van der Waals surface area contributed by atoms with Crippen molar-refractivity contribution in [2.75, 3.05) is 50.7 Å². The van der Waals surface area contributed by atoms with Gasteiger partial charge in [0.1, 0.15) is 6.04 Å². The summed E-state index contributed by atoms with van der Waals surface area (Å²) in [6.45, 7) is 1.46. The topological polar surface area (TPSA) is 145 Å². The van der Waals surface area contributed by atoms with Crippen LogP contribution < -0.4 is 35.6 Å². The minimum Gasteiger partial charge on any atom is -0.493 e. The quantitative estimate of drug-likeness (QED) is 0.152. The SMILES string of the molecule is COc1cc2c(c(OC)c1OC)-c1ccc(N[C@@H](CCSC)C(=O)N[C@@H](CCSC)c3nnc4ccccn34)c(=O)cc1[C@@H](NC(C)=O)CC2. The lowest BCUT2D eigenvalue weighted by molar-refractivity contribution is -0.123. The molecule has 0 unspecified atom stereocenters. The number of aromatic nitrogens is 3. The fraction of sp³-hybridized carbons (Fsp3) is 0.417. The zero-order valence-electron chi connectivity index (χ0n) is 29.2. The van der Waals surface area contributed by atoms with Crippen LogP contribution in [0, 0.1) is 0 Å². The maximum absolute atomic E-state index is 14.1. The summed E-state index contributed by atoms with van der Waals surface area (Å²) < 4.78 is 19.1. The summed E-state index contributed by atoms with van der Waals surface area (Å²) in [5.74, 6) is 3.10. The molecule has 2 aromatic heterocycles. The smallest absolute Gasteiger partial charge is 0.243 e. The molecule has 3 atom stereocenters. The van der Waals surface area contributed by atoms with Crippen LogP contribution >= 0.6 is 23.5 Å². The summed E-state index contributed by atoms with van der Waals surface area (Å²) in [6, 6.07) is 11.1. The van der Waals surface area contributed by atoms with Crippen LogP contribution in [0.5, 0.6) is 17.2 Å². The first-order valence-corrected chi connectivity index (χ1v) is 19.1. The largest absolute Gasteiger partial charge is 0.493 e. The second-order valence-corrected chi connectivity index (χ2v) is 13.9. The molecule has 3 N–H and O–H groups in total. The summed E-state index contributed by atoms with van der Waals surface area (Å²) in [4.78, 5) is 40.5. The van der Waals surface area contributed by atoms with Gasteiger partial charge in [0.15, 0.2) is 23.0 Å². The molecule has 2 amide bonds. The Morgan fingerprint density at radius 3 is 2.44 bits per heavy atom. The molecule has 14 heteroatoms. The number of ether oxygens (including phenoxy) is 3. The number of methoxy groups -OCH3 is 3. The highest BCUT2D eigenvalue weighted by Crippen LogP contribution is 2.50. The van der Waals surface area contributed by atoms with E-state index in [9.17, 15) is 14.4 Å². The normalized spacial score (nSPS) is 14.8. The van der Waals surface area contributed by atoms with E-state index in [1.807, 2.05) is 53.4 Å². The van der Waals surface area contributed by atoms with E-state index < -0.39 is 18.1 Å². The Balaban J connectivity index is 1.56. The van der Waals surface area contributed by atoms with Gasteiger partial charge in [-0.3, -0.25) is 18.8 Å². The number of thioether (sulfide) groups is 2. The van der Waals surface area contributed by atoms with Crippen LogP contribution in [-0.4, -0.2) is 77.8 Å². The Morgan fingerprint density at radius 1 is 0.980 bits per heavy atom. The van der Waals surface area contributed by atoms with Crippen LogP contribution in [0.1, 0.15) is 55.2 Å². The molecule has 5 rings (SSSR count). The van der Waals surface area contributed by atoms with Crippen LogP contribution in [0.15, 0.2) is 53.5 Å². The van der Waals surface area contributed by atoms with Crippen LogP contribution in [-0.2, 0) is 16.0 Å². The number of rotatable bonds is 15. The molecule has 1 aliphatic carbocycles. The van der Waals surface area contributed by atoms with Gasteiger partial charge in [0.25, 0.3) is 0 Å². The Labute approximate surface area is 300 Å². The number of pyridine rings is 1. The maximum atomic E-state index is 14.1. The summed E-state index contributed by atoms with van der Waals surface area (Å²) in [5, 5.41) is 18.2. The third-order valence-corrected chi connectivity index (χ3v) is 10.0. The van der Waals surface area contributed by atoms with Crippen molar-refractivity contribution in [3.8, 4) is 28.4 Å². The molecular formula is C36H44N6O6S2. The number of fused-ring (bicyclic) bond motifs is 4. The van der Waals surface area contributed by atoms with E-state index in [0.717, 1.165) is 16.9 Å². The zero-order chi connectivity index (χ0) is 35.8. The van der Waals surface area contributed by atoms with Crippen molar-refractivity contribution in [1.29, 1.82) is 0 Å². The summed E-state index contributed by atoms with van der Waals surface area (Å²) in [7, 11) is 4.68. The molecule has 0 aliphatic heterocycles. The van der Waals surface area contributed by atoms with Crippen LogP contribution in [0.4, 0.5) is 5.69 Å². The fourth-order valence-electron chi connectivity index (χ4n) is 6.39. The first-order chi connectivity index (χ1) is 24.2. The highest BCUT2D eigenvalue weighted by atomic mass is 32.2. The molecule has 1 aliphatic rings. The Kier molecular flexibility index (Phi) is 12.5. The maximum Gasteiger partial charge on any atom is 0.243 e. The standard InChI is InChI=1S/C36H44N6O6S2/c1-21(43)37-25-12-10-22-19-30(46-2)33(47-3)34(48-4)32(22)23-11-13-26(29(44)20-24(23)25)38-28(15-18-50-6)36(45)39-27(14-17-49-5)35-41-40-31-9-7-8-16-42(31)35/h7-9,11,13,16,19-20,25,27-28H,10,12,14-15,17-18H2,1-6H3,(H,37,43)(H,38,44)(H,39,45)/t25-,27-,28-/m0/s1. The minimum absolute atomic E-state index is 0.211. The van der Waals surface area contributed by atoms with Crippen LogP contribution in [0.25, 0.3) is 16.8 Å². The molecule has 2 aromatic carbocycles. The first-order valence-electron chi connectivity index (χ1n) is 16.4. The third kappa shape index (κ3) is 7.96. The number of nitrogens with one attached hydrogen (secondary N) is 3. The number of carbonyl (C=O) groups is 2. The van der Waals surface area contributed by atoms with Gasteiger partial charge in [-0.2, -0.15) is 23.5 Å². The van der Waals surface area contributed by atoms with Gasteiger partial charge >= 0.3 is 0 Å². The number of hydrogen-bond donors (Lipinski definition) is 3. The molecule has 50 heavy (non-hydrogen) atoms. The lowest BCUT2D eigenvalue weighted by Crippen LogP contribution is -2.43. The predicted molar refractivity (Wildman–Crippen MR) is 200 cm³/mol. The minimum atomic E-state index is -0.717. The van der Waals surface area contributed by atoms with Gasteiger partial charge in [0, 0.05) is 18.7 Å². The summed E-state index contributed by atoms with van der Waals surface area (Å²) in [6.07, 6.45) is 8.14. The first kappa shape index (κ1) is 36.8. The summed E-state index contributed by atoms with van der Waals surface area (Å²) >= 11 is 3.31. The van der Waals surface area contributed by atoms with Gasteiger partial charge in [0.05, 0.1) is 39.1 Å². The lowest BCUT2D eigenvalue weighted by Gasteiger charge is -2.23. The molecule has 0 radical (unpaired) electrons. The Bertz CT molecular complexity index is 1900. The number of carbonyl (C=O) groups excluding carboxylic acids is 2.